The second kappa shape index (κ2) is 4.63. The zero-order valence-corrected chi connectivity index (χ0v) is 10.5. The van der Waals surface area contributed by atoms with Gasteiger partial charge in [-0.05, 0) is 16.4 Å². The van der Waals surface area contributed by atoms with Crippen molar-refractivity contribution in [2.45, 2.75) is 41.5 Å². The van der Waals surface area contributed by atoms with E-state index in [4.69, 9.17) is 0 Å². The molecule has 0 spiro atoms. The first-order chi connectivity index (χ1) is 6.13. The molecule has 0 heteroatoms. The summed E-state index contributed by atoms with van der Waals surface area (Å²) < 4.78 is 0. The second-order valence-electron chi connectivity index (χ2n) is 5.86. The van der Waals surface area contributed by atoms with E-state index in [1.54, 1.807) is 0 Å². The molecule has 0 radical (unpaired) electrons. The molecule has 0 saturated carbocycles. The van der Waals surface area contributed by atoms with Crippen LogP contribution in [0.4, 0.5) is 0 Å². The summed E-state index contributed by atoms with van der Waals surface area (Å²) in [6.45, 7) is 17.1. The van der Waals surface area contributed by atoms with Crippen molar-refractivity contribution in [1.29, 1.82) is 0 Å². The van der Waals surface area contributed by atoms with Crippen molar-refractivity contribution >= 4 is 0 Å². The van der Waals surface area contributed by atoms with E-state index in [2.05, 4.69) is 72.4 Å². The average molecular weight is 192 g/mol. The largest absolute Gasteiger partial charge is 0.0953 e. The van der Waals surface area contributed by atoms with E-state index in [-0.39, 0.29) is 10.8 Å². The van der Waals surface area contributed by atoms with Crippen molar-refractivity contribution in [1.82, 2.24) is 0 Å². The smallest absolute Gasteiger partial charge is 0.0138 e. The molecule has 0 heterocycles. The quantitative estimate of drug-likeness (QED) is 0.554. The Labute approximate surface area is 89.4 Å². The van der Waals surface area contributed by atoms with Crippen LogP contribution in [-0.2, 0) is 0 Å². The summed E-state index contributed by atoms with van der Waals surface area (Å²) in [6.07, 6.45) is 8.44. The molecule has 0 aromatic rings. The summed E-state index contributed by atoms with van der Waals surface area (Å²) in [5, 5.41) is 0. The molecule has 0 rings (SSSR count). The van der Waals surface area contributed by atoms with Gasteiger partial charge in [-0.15, -0.1) is 0 Å². The Morgan fingerprint density at radius 2 is 1.43 bits per heavy atom. The number of allylic oxidation sites excluding steroid dienone is 5. The van der Waals surface area contributed by atoms with Gasteiger partial charge in [0.25, 0.3) is 0 Å². The van der Waals surface area contributed by atoms with E-state index >= 15 is 0 Å². The van der Waals surface area contributed by atoms with Gasteiger partial charge >= 0.3 is 0 Å². The lowest BCUT2D eigenvalue weighted by molar-refractivity contribution is 0.519. The lowest BCUT2D eigenvalue weighted by Gasteiger charge is -2.18. The van der Waals surface area contributed by atoms with Gasteiger partial charge in [0.2, 0.25) is 0 Å². The first kappa shape index (κ1) is 13.2. The fourth-order valence-corrected chi connectivity index (χ4v) is 0.766. The summed E-state index contributed by atoms with van der Waals surface area (Å²) in [4.78, 5) is 0. The molecular weight excluding hydrogens is 168 g/mol. The van der Waals surface area contributed by atoms with Crippen LogP contribution >= 0.6 is 0 Å². The predicted octanol–water partition coefficient (Wildman–Crippen LogP) is 4.75. The number of hydrogen-bond acceptors (Lipinski definition) is 0. The molecular formula is C14H24. The maximum absolute atomic E-state index is 4.04. The maximum Gasteiger partial charge on any atom is -0.0138 e. The molecule has 0 bridgehead atoms. The summed E-state index contributed by atoms with van der Waals surface area (Å²) >= 11 is 0. The molecule has 0 saturated heterocycles. The molecule has 0 nitrogen and oxygen atoms in total. The normalized spacial score (nSPS) is 14.1. The van der Waals surface area contributed by atoms with Gasteiger partial charge in [0.1, 0.15) is 0 Å². The Balaban J connectivity index is 4.22. The van der Waals surface area contributed by atoms with Crippen LogP contribution in [-0.4, -0.2) is 0 Å². The minimum absolute atomic E-state index is 0.173. The highest BCUT2D eigenvalue weighted by molar-refractivity contribution is 5.24. The predicted molar refractivity (Wildman–Crippen MR) is 66.3 cm³/mol. The van der Waals surface area contributed by atoms with Gasteiger partial charge in [-0.1, -0.05) is 72.4 Å². The Bertz CT molecular complexity index is 238. The van der Waals surface area contributed by atoms with Crippen LogP contribution in [0.1, 0.15) is 41.5 Å². The minimum atomic E-state index is 0.173. The minimum Gasteiger partial charge on any atom is -0.0953 e. The first-order valence-electron chi connectivity index (χ1n) is 5.18. The summed E-state index contributed by atoms with van der Waals surface area (Å²) in [5.74, 6) is 0. The van der Waals surface area contributed by atoms with E-state index in [1.165, 1.54) is 0 Å². The van der Waals surface area contributed by atoms with E-state index < -0.39 is 0 Å². The van der Waals surface area contributed by atoms with E-state index in [0.717, 1.165) is 5.57 Å². The Kier molecular flexibility index (Phi) is 4.38. The molecule has 0 unspecified atom stereocenters. The van der Waals surface area contributed by atoms with Gasteiger partial charge in [-0.25, -0.2) is 0 Å². The average Bonchev–Trinajstić information content (AvgIpc) is 1.93. The highest BCUT2D eigenvalue weighted by Crippen LogP contribution is 2.24. The summed E-state index contributed by atoms with van der Waals surface area (Å²) in [6, 6.07) is 0. The standard InChI is InChI=1S/C14H24/c1-12(14(5,6)7)10-8-9-11-13(2,3)4/h8-11H,1H2,2-7H3/b10-8-,11-9+. The van der Waals surface area contributed by atoms with Crippen molar-refractivity contribution in [3.05, 3.63) is 36.5 Å². The van der Waals surface area contributed by atoms with Crippen LogP contribution in [0.2, 0.25) is 0 Å². The van der Waals surface area contributed by atoms with Crippen molar-refractivity contribution in [3.8, 4) is 0 Å². The Hall–Kier alpha value is -0.780. The third-order valence-electron chi connectivity index (χ3n) is 1.97. The lowest BCUT2D eigenvalue weighted by Crippen LogP contribution is -2.05. The van der Waals surface area contributed by atoms with Gasteiger partial charge in [0, 0.05) is 0 Å². The fourth-order valence-electron chi connectivity index (χ4n) is 0.766. The molecule has 0 aliphatic rings. The van der Waals surface area contributed by atoms with Crippen LogP contribution < -0.4 is 0 Å². The molecule has 0 fully saturated rings. The highest BCUT2D eigenvalue weighted by Gasteiger charge is 2.11. The van der Waals surface area contributed by atoms with Gasteiger partial charge in [-0.3, -0.25) is 0 Å². The van der Waals surface area contributed by atoms with Crippen molar-refractivity contribution in [2.24, 2.45) is 10.8 Å². The van der Waals surface area contributed by atoms with Gasteiger partial charge in [0.15, 0.2) is 0 Å². The molecule has 0 aliphatic carbocycles. The third-order valence-corrected chi connectivity index (χ3v) is 1.97. The lowest BCUT2D eigenvalue weighted by atomic mass is 9.87. The Morgan fingerprint density at radius 3 is 1.79 bits per heavy atom. The molecule has 0 aromatic carbocycles. The monoisotopic (exact) mass is 192 g/mol. The maximum atomic E-state index is 4.04. The Morgan fingerprint density at radius 1 is 0.929 bits per heavy atom. The van der Waals surface area contributed by atoms with Crippen molar-refractivity contribution < 1.29 is 0 Å². The first-order valence-corrected chi connectivity index (χ1v) is 5.18. The molecule has 0 amide bonds. The molecule has 0 atom stereocenters. The topological polar surface area (TPSA) is 0 Å². The molecule has 14 heavy (non-hydrogen) atoms. The molecule has 0 aliphatic heterocycles. The van der Waals surface area contributed by atoms with Crippen molar-refractivity contribution in [3.63, 3.8) is 0 Å². The molecule has 0 aromatic heterocycles. The summed E-state index contributed by atoms with van der Waals surface area (Å²) in [5.41, 5.74) is 1.59. The van der Waals surface area contributed by atoms with Crippen LogP contribution in [0.5, 0.6) is 0 Å². The van der Waals surface area contributed by atoms with Gasteiger partial charge in [-0.2, -0.15) is 0 Å². The van der Waals surface area contributed by atoms with Crippen molar-refractivity contribution in [2.75, 3.05) is 0 Å². The molecule has 80 valence electrons. The summed E-state index contributed by atoms with van der Waals surface area (Å²) in [7, 11) is 0. The van der Waals surface area contributed by atoms with Gasteiger partial charge < -0.3 is 0 Å². The van der Waals surface area contributed by atoms with Crippen LogP contribution in [0, 0.1) is 10.8 Å². The fraction of sp³-hybridized carbons (Fsp3) is 0.571. The zero-order valence-electron chi connectivity index (χ0n) is 10.5. The zero-order chi connectivity index (χ0) is 11.4. The van der Waals surface area contributed by atoms with Gasteiger partial charge in [0.05, 0.1) is 0 Å². The van der Waals surface area contributed by atoms with E-state index in [1.807, 2.05) is 0 Å². The van der Waals surface area contributed by atoms with Crippen LogP contribution in [0.25, 0.3) is 0 Å². The van der Waals surface area contributed by atoms with Crippen LogP contribution in [0.3, 0.4) is 0 Å². The molecule has 0 N–H and O–H groups in total. The third kappa shape index (κ3) is 6.71. The van der Waals surface area contributed by atoms with Crippen LogP contribution in [0.15, 0.2) is 36.5 Å². The second-order valence-corrected chi connectivity index (χ2v) is 5.86. The highest BCUT2D eigenvalue weighted by atomic mass is 14.2. The number of rotatable bonds is 2. The number of hydrogen-bond donors (Lipinski definition) is 0. The van der Waals surface area contributed by atoms with E-state index in [0.29, 0.717) is 0 Å². The SMILES string of the molecule is C=C(/C=C\C=C\C(C)(C)C)C(C)(C)C. The van der Waals surface area contributed by atoms with E-state index in [9.17, 15) is 0 Å².